The number of nitro benzene ring substituents is 1. The third-order valence-corrected chi connectivity index (χ3v) is 4.75. The number of fused-ring (bicyclic) bond motifs is 1. The van der Waals surface area contributed by atoms with Crippen LogP contribution in [0.1, 0.15) is 0 Å². The fraction of sp³-hybridized carbons (Fsp3) is 0.118. The third-order valence-electron chi connectivity index (χ3n) is 3.91. The molecule has 0 aliphatic carbocycles. The highest BCUT2D eigenvalue weighted by Crippen LogP contribution is 2.38. The standard InChI is InChI=1S/C17H12N4O6S/c22-15(23)7-28-17-18-16(19-20-17)11-3-10(4-12(5-11)21(24)25)9-1-2-13-14(6-9)27-8-26-13/h1-6H,7-8H2,(H,22,23)(H,18,19,20). The number of aliphatic carboxylic acids is 1. The third kappa shape index (κ3) is 3.60. The molecule has 2 N–H and O–H groups in total. The second-order valence-corrected chi connectivity index (χ2v) is 6.72. The van der Waals surface area contributed by atoms with E-state index in [-0.39, 0.29) is 18.2 Å². The molecule has 11 heteroatoms. The van der Waals surface area contributed by atoms with Crippen molar-refractivity contribution >= 4 is 23.4 Å². The van der Waals surface area contributed by atoms with Gasteiger partial charge in [0.1, 0.15) is 0 Å². The van der Waals surface area contributed by atoms with Gasteiger partial charge in [0.2, 0.25) is 6.79 Å². The molecule has 0 amide bonds. The number of H-pyrrole nitrogens is 1. The van der Waals surface area contributed by atoms with Crippen LogP contribution in [0.25, 0.3) is 22.5 Å². The first-order valence-electron chi connectivity index (χ1n) is 7.97. The number of aromatic nitrogens is 3. The van der Waals surface area contributed by atoms with E-state index in [4.69, 9.17) is 14.6 Å². The number of rotatable bonds is 6. The summed E-state index contributed by atoms with van der Waals surface area (Å²) < 4.78 is 10.7. The van der Waals surface area contributed by atoms with Crippen LogP contribution in [0.15, 0.2) is 41.6 Å². The monoisotopic (exact) mass is 400 g/mol. The molecular weight excluding hydrogens is 388 g/mol. The summed E-state index contributed by atoms with van der Waals surface area (Å²) in [6.45, 7) is 0.133. The van der Waals surface area contributed by atoms with Crippen molar-refractivity contribution in [3.05, 3.63) is 46.5 Å². The average Bonchev–Trinajstić information content (AvgIpc) is 3.34. The van der Waals surface area contributed by atoms with Gasteiger partial charge >= 0.3 is 5.97 Å². The summed E-state index contributed by atoms with van der Waals surface area (Å²) in [5.41, 5.74) is 1.66. The van der Waals surface area contributed by atoms with Gasteiger partial charge in [-0.15, -0.1) is 10.2 Å². The lowest BCUT2D eigenvalue weighted by Crippen LogP contribution is -1.97. The van der Waals surface area contributed by atoms with Crippen molar-refractivity contribution in [3.63, 3.8) is 0 Å². The van der Waals surface area contributed by atoms with Crippen LogP contribution < -0.4 is 9.47 Å². The number of hydrogen-bond donors (Lipinski definition) is 2. The topological polar surface area (TPSA) is 140 Å². The van der Waals surface area contributed by atoms with E-state index in [0.717, 1.165) is 11.8 Å². The van der Waals surface area contributed by atoms with Gasteiger partial charge in [0.25, 0.3) is 5.69 Å². The molecule has 1 aliphatic rings. The summed E-state index contributed by atoms with van der Waals surface area (Å²) in [6, 6.07) is 9.84. The Balaban J connectivity index is 1.72. The highest BCUT2D eigenvalue weighted by Gasteiger charge is 2.18. The zero-order valence-corrected chi connectivity index (χ0v) is 14.9. The highest BCUT2D eigenvalue weighted by molar-refractivity contribution is 7.99. The number of carboxylic acid groups (broad SMARTS) is 1. The maximum atomic E-state index is 11.4. The highest BCUT2D eigenvalue weighted by atomic mass is 32.2. The van der Waals surface area contributed by atoms with E-state index in [1.807, 2.05) is 0 Å². The number of nitrogens with one attached hydrogen (secondary N) is 1. The lowest BCUT2D eigenvalue weighted by atomic mass is 10.0. The molecule has 0 saturated heterocycles. The molecule has 2 heterocycles. The van der Waals surface area contributed by atoms with Gasteiger partial charge in [-0.2, -0.15) is 0 Å². The molecule has 1 aliphatic heterocycles. The second-order valence-electron chi connectivity index (χ2n) is 5.75. The van der Waals surface area contributed by atoms with Crippen LogP contribution in [0.2, 0.25) is 0 Å². The molecule has 0 unspecified atom stereocenters. The number of benzene rings is 2. The van der Waals surface area contributed by atoms with Crippen LogP contribution in [0, 0.1) is 10.1 Å². The minimum atomic E-state index is -0.983. The Bertz CT molecular complexity index is 1080. The number of nitro groups is 1. The molecule has 0 spiro atoms. The molecule has 3 aromatic rings. The molecule has 10 nitrogen and oxygen atoms in total. The van der Waals surface area contributed by atoms with Gasteiger partial charge in [-0.1, -0.05) is 17.8 Å². The molecule has 0 bridgehead atoms. The van der Waals surface area contributed by atoms with E-state index in [1.54, 1.807) is 24.3 Å². The molecule has 28 heavy (non-hydrogen) atoms. The van der Waals surface area contributed by atoms with Gasteiger partial charge < -0.3 is 19.6 Å². The Morgan fingerprint density at radius 3 is 2.71 bits per heavy atom. The normalized spacial score (nSPS) is 12.1. The molecule has 1 aromatic heterocycles. The minimum absolute atomic E-state index is 0.110. The van der Waals surface area contributed by atoms with E-state index in [1.165, 1.54) is 12.1 Å². The summed E-state index contributed by atoms with van der Waals surface area (Å²) in [4.78, 5) is 24.4. The van der Waals surface area contributed by atoms with Crippen molar-refractivity contribution in [3.8, 4) is 34.0 Å². The fourth-order valence-corrected chi connectivity index (χ4v) is 3.20. The summed E-state index contributed by atoms with van der Waals surface area (Å²) in [6.07, 6.45) is 0. The van der Waals surface area contributed by atoms with Crippen LogP contribution in [-0.4, -0.2) is 43.7 Å². The quantitative estimate of drug-likeness (QED) is 0.363. The molecule has 0 atom stereocenters. The number of ether oxygens (including phenoxy) is 2. The molecule has 0 fully saturated rings. The summed E-state index contributed by atoms with van der Waals surface area (Å²) in [5, 5.41) is 28.3. The van der Waals surface area contributed by atoms with E-state index in [2.05, 4.69) is 15.2 Å². The van der Waals surface area contributed by atoms with E-state index < -0.39 is 10.9 Å². The SMILES string of the molecule is O=C(O)CSc1nnc(-c2cc(-c3ccc4c(c3)OCO4)cc([N+](=O)[O-])c2)[nH]1. The van der Waals surface area contributed by atoms with Crippen molar-refractivity contribution in [1.29, 1.82) is 0 Å². The maximum Gasteiger partial charge on any atom is 0.313 e. The van der Waals surface area contributed by atoms with Gasteiger partial charge in [-0.25, -0.2) is 0 Å². The van der Waals surface area contributed by atoms with Crippen molar-refractivity contribution in [2.45, 2.75) is 5.16 Å². The zero-order valence-electron chi connectivity index (χ0n) is 14.1. The first-order valence-corrected chi connectivity index (χ1v) is 8.95. The molecule has 0 saturated carbocycles. The summed E-state index contributed by atoms with van der Waals surface area (Å²) in [5.74, 6) is 0.329. The van der Waals surface area contributed by atoms with Crippen LogP contribution in [0.5, 0.6) is 11.5 Å². The van der Waals surface area contributed by atoms with Gasteiger partial charge in [0.15, 0.2) is 22.5 Å². The second kappa shape index (κ2) is 7.19. The Kier molecular flexibility index (Phi) is 4.57. The summed E-state index contributed by atoms with van der Waals surface area (Å²) >= 11 is 0.976. The predicted molar refractivity (Wildman–Crippen MR) is 98.4 cm³/mol. The first kappa shape index (κ1) is 17.8. The van der Waals surface area contributed by atoms with E-state index >= 15 is 0 Å². The number of aromatic amines is 1. The van der Waals surface area contributed by atoms with Crippen molar-refractivity contribution in [2.24, 2.45) is 0 Å². The average molecular weight is 400 g/mol. The number of thioether (sulfide) groups is 1. The number of nitrogens with zero attached hydrogens (tertiary/aromatic N) is 3. The lowest BCUT2D eigenvalue weighted by molar-refractivity contribution is -0.384. The van der Waals surface area contributed by atoms with Crippen LogP contribution in [0.3, 0.4) is 0 Å². The van der Waals surface area contributed by atoms with Crippen molar-refractivity contribution in [1.82, 2.24) is 15.2 Å². The number of carbonyl (C=O) groups is 1. The molecule has 142 valence electrons. The molecule has 0 radical (unpaired) electrons. The Hall–Kier alpha value is -3.60. The van der Waals surface area contributed by atoms with E-state index in [0.29, 0.717) is 39.2 Å². The number of non-ortho nitro benzene ring substituents is 1. The van der Waals surface area contributed by atoms with Gasteiger partial charge in [-0.3, -0.25) is 14.9 Å². The number of carboxylic acids is 1. The largest absolute Gasteiger partial charge is 0.481 e. The van der Waals surface area contributed by atoms with Crippen molar-refractivity contribution < 1.29 is 24.3 Å². The Labute approximate surface area is 161 Å². The molecule has 4 rings (SSSR count). The van der Waals surface area contributed by atoms with Gasteiger partial charge in [-0.05, 0) is 29.3 Å². The van der Waals surface area contributed by atoms with E-state index in [9.17, 15) is 14.9 Å². The summed E-state index contributed by atoms with van der Waals surface area (Å²) in [7, 11) is 0. The Morgan fingerprint density at radius 2 is 1.93 bits per heavy atom. The van der Waals surface area contributed by atoms with Crippen molar-refractivity contribution in [2.75, 3.05) is 12.5 Å². The van der Waals surface area contributed by atoms with Crippen LogP contribution in [-0.2, 0) is 4.79 Å². The number of hydrogen-bond acceptors (Lipinski definition) is 8. The van der Waals surface area contributed by atoms with Crippen LogP contribution >= 0.6 is 11.8 Å². The maximum absolute atomic E-state index is 11.4. The van der Waals surface area contributed by atoms with Crippen LogP contribution in [0.4, 0.5) is 5.69 Å². The predicted octanol–water partition coefficient (Wildman–Crippen LogP) is 2.95. The zero-order chi connectivity index (χ0) is 19.7. The molecule has 2 aromatic carbocycles. The Morgan fingerprint density at radius 1 is 1.14 bits per heavy atom. The first-order chi connectivity index (χ1) is 13.5. The fourth-order valence-electron chi connectivity index (χ4n) is 2.67. The smallest absolute Gasteiger partial charge is 0.313 e. The lowest BCUT2D eigenvalue weighted by Gasteiger charge is -2.06. The molecular formula is C17H12N4O6S. The van der Waals surface area contributed by atoms with Gasteiger partial charge in [0.05, 0.1) is 10.7 Å². The van der Waals surface area contributed by atoms with Gasteiger partial charge in [0, 0.05) is 17.7 Å². The minimum Gasteiger partial charge on any atom is -0.481 e.